The minimum atomic E-state index is -3.39. The van der Waals surface area contributed by atoms with Crippen LogP contribution in [0.5, 0.6) is 0 Å². The Bertz CT molecular complexity index is 359. The molecular weight excluding hydrogens is 222 g/mol. The Kier molecular flexibility index (Phi) is 3.05. The van der Waals surface area contributed by atoms with Gasteiger partial charge in [0.1, 0.15) is 16.0 Å². The van der Waals surface area contributed by atoms with Crippen molar-refractivity contribution in [3.05, 3.63) is 15.5 Å². The van der Waals surface area contributed by atoms with E-state index in [1.165, 1.54) is 17.5 Å². The van der Waals surface area contributed by atoms with E-state index in [1.54, 1.807) is 0 Å². The van der Waals surface area contributed by atoms with E-state index in [1.807, 2.05) is 0 Å². The number of thiazole rings is 1. The molecule has 7 heteroatoms. The van der Waals surface area contributed by atoms with Gasteiger partial charge in [0.05, 0.1) is 12.5 Å². The molecular formula is C5H6ClNO3S2. The highest BCUT2D eigenvalue weighted by Crippen LogP contribution is 2.18. The molecule has 1 aromatic heterocycles. The molecule has 0 atom stereocenters. The van der Waals surface area contributed by atoms with Gasteiger partial charge in [-0.1, -0.05) is 11.6 Å². The molecule has 0 fully saturated rings. The lowest BCUT2D eigenvalue weighted by Gasteiger charge is -1.95. The molecule has 1 rings (SSSR count). The molecule has 0 aliphatic carbocycles. The molecule has 1 aromatic rings. The standard InChI is InChI=1S/C5H6ClNO3S2/c1-12(8,9)10-3-5-7-2-4(6)11-5/h2H,3H2,1H3. The average molecular weight is 228 g/mol. The van der Waals surface area contributed by atoms with Crippen LogP contribution in [0.3, 0.4) is 0 Å². The maximum absolute atomic E-state index is 10.5. The van der Waals surface area contributed by atoms with Crippen molar-refractivity contribution in [2.24, 2.45) is 0 Å². The SMILES string of the molecule is CS(=O)(=O)OCc1ncc(Cl)s1. The predicted octanol–water partition coefficient (Wildman–Crippen LogP) is 1.27. The van der Waals surface area contributed by atoms with Gasteiger partial charge in [-0.05, 0) is 0 Å². The van der Waals surface area contributed by atoms with Gasteiger partial charge in [0.15, 0.2) is 0 Å². The summed E-state index contributed by atoms with van der Waals surface area (Å²) in [6.45, 7) is -0.0454. The topological polar surface area (TPSA) is 56.3 Å². The fourth-order valence-corrected chi connectivity index (χ4v) is 1.78. The molecule has 0 spiro atoms. The van der Waals surface area contributed by atoms with Crippen LogP contribution in [-0.4, -0.2) is 19.7 Å². The molecule has 0 bridgehead atoms. The largest absolute Gasteiger partial charge is 0.264 e. The Balaban J connectivity index is 2.55. The quantitative estimate of drug-likeness (QED) is 0.730. The molecule has 4 nitrogen and oxygen atoms in total. The summed E-state index contributed by atoms with van der Waals surface area (Å²) >= 11 is 6.75. The Morgan fingerprint density at radius 1 is 1.75 bits per heavy atom. The lowest BCUT2D eigenvalue weighted by Crippen LogP contribution is -2.01. The van der Waals surface area contributed by atoms with E-state index in [-0.39, 0.29) is 6.61 Å². The van der Waals surface area contributed by atoms with Gasteiger partial charge in [-0.15, -0.1) is 11.3 Å². The van der Waals surface area contributed by atoms with Crippen LogP contribution < -0.4 is 0 Å². The number of rotatable bonds is 3. The smallest absolute Gasteiger partial charge is 0.263 e. The molecule has 0 radical (unpaired) electrons. The molecule has 0 N–H and O–H groups in total. The van der Waals surface area contributed by atoms with Crippen molar-refractivity contribution in [3.8, 4) is 0 Å². The highest BCUT2D eigenvalue weighted by molar-refractivity contribution is 7.85. The maximum atomic E-state index is 10.5. The first-order valence-electron chi connectivity index (χ1n) is 2.92. The van der Waals surface area contributed by atoms with Crippen LogP contribution in [-0.2, 0) is 20.9 Å². The van der Waals surface area contributed by atoms with Gasteiger partial charge in [0.2, 0.25) is 0 Å². The normalized spacial score (nSPS) is 11.8. The van der Waals surface area contributed by atoms with Gasteiger partial charge in [-0.25, -0.2) is 4.98 Å². The first-order chi connectivity index (χ1) is 5.47. The first-order valence-corrected chi connectivity index (χ1v) is 5.93. The molecule has 0 saturated carbocycles. The number of nitrogens with zero attached hydrogens (tertiary/aromatic N) is 1. The van der Waals surface area contributed by atoms with E-state index in [2.05, 4.69) is 9.17 Å². The second-order valence-corrected chi connectivity index (χ2v) is 5.41. The number of hydrogen-bond acceptors (Lipinski definition) is 5. The number of hydrogen-bond donors (Lipinski definition) is 0. The zero-order valence-corrected chi connectivity index (χ0v) is 8.54. The van der Waals surface area contributed by atoms with E-state index < -0.39 is 10.1 Å². The summed E-state index contributed by atoms with van der Waals surface area (Å²) in [6.07, 6.45) is 2.44. The molecule has 0 amide bonds. The van der Waals surface area contributed by atoms with Crippen molar-refractivity contribution >= 4 is 33.1 Å². The summed E-state index contributed by atoms with van der Waals surface area (Å²) in [4.78, 5) is 3.82. The summed E-state index contributed by atoms with van der Waals surface area (Å²) in [5, 5.41) is 0.547. The monoisotopic (exact) mass is 227 g/mol. The van der Waals surface area contributed by atoms with Crippen molar-refractivity contribution in [3.63, 3.8) is 0 Å². The Labute approximate surface area is 79.3 Å². The number of aromatic nitrogens is 1. The van der Waals surface area contributed by atoms with Gasteiger partial charge in [-0.2, -0.15) is 8.42 Å². The fourth-order valence-electron chi connectivity index (χ4n) is 0.512. The van der Waals surface area contributed by atoms with Crippen molar-refractivity contribution in [2.45, 2.75) is 6.61 Å². The zero-order chi connectivity index (χ0) is 9.19. The van der Waals surface area contributed by atoms with Crippen LogP contribution in [0.15, 0.2) is 6.20 Å². The molecule has 0 saturated heterocycles. The highest BCUT2D eigenvalue weighted by atomic mass is 35.5. The van der Waals surface area contributed by atoms with Crippen molar-refractivity contribution < 1.29 is 12.6 Å². The minimum Gasteiger partial charge on any atom is -0.263 e. The molecule has 0 aromatic carbocycles. The van der Waals surface area contributed by atoms with E-state index in [9.17, 15) is 8.42 Å². The van der Waals surface area contributed by atoms with Crippen LogP contribution in [0.1, 0.15) is 5.01 Å². The first kappa shape index (κ1) is 9.91. The van der Waals surface area contributed by atoms with Gasteiger partial charge < -0.3 is 0 Å². The third kappa shape index (κ3) is 3.48. The maximum Gasteiger partial charge on any atom is 0.264 e. The van der Waals surface area contributed by atoms with E-state index in [0.717, 1.165) is 6.26 Å². The molecule has 1 heterocycles. The zero-order valence-electron chi connectivity index (χ0n) is 6.15. The van der Waals surface area contributed by atoms with E-state index in [0.29, 0.717) is 9.34 Å². The fraction of sp³-hybridized carbons (Fsp3) is 0.400. The van der Waals surface area contributed by atoms with Gasteiger partial charge in [0.25, 0.3) is 10.1 Å². The lowest BCUT2D eigenvalue weighted by atomic mass is 10.8. The second-order valence-electron chi connectivity index (χ2n) is 2.02. The van der Waals surface area contributed by atoms with E-state index >= 15 is 0 Å². The predicted molar refractivity (Wildman–Crippen MR) is 46.8 cm³/mol. The van der Waals surface area contributed by atoms with Crippen molar-refractivity contribution in [1.82, 2.24) is 4.98 Å². The van der Waals surface area contributed by atoms with Gasteiger partial charge >= 0.3 is 0 Å². The third-order valence-corrected chi connectivity index (χ3v) is 2.56. The molecule has 0 aliphatic heterocycles. The molecule has 12 heavy (non-hydrogen) atoms. The van der Waals surface area contributed by atoms with E-state index in [4.69, 9.17) is 11.6 Å². The summed E-state index contributed by atoms with van der Waals surface area (Å²) < 4.78 is 26.1. The minimum absolute atomic E-state index is 0.0454. The highest BCUT2D eigenvalue weighted by Gasteiger charge is 2.05. The molecule has 0 aliphatic rings. The van der Waals surface area contributed by atoms with Crippen LogP contribution in [0.2, 0.25) is 4.34 Å². The van der Waals surface area contributed by atoms with Crippen molar-refractivity contribution in [1.29, 1.82) is 0 Å². The summed E-state index contributed by atoms with van der Waals surface area (Å²) in [5.41, 5.74) is 0. The van der Waals surface area contributed by atoms with Crippen LogP contribution in [0.25, 0.3) is 0 Å². The summed E-state index contributed by atoms with van der Waals surface area (Å²) in [6, 6.07) is 0. The third-order valence-electron chi connectivity index (χ3n) is 0.922. The lowest BCUT2D eigenvalue weighted by molar-refractivity contribution is 0.311. The number of halogens is 1. The second kappa shape index (κ2) is 3.69. The Morgan fingerprint density at radius 2 is 2.42 bits per heavy atom. The van der Waals surface area contributed by atoms with Crippen LogP contribution in [0, 0.1) is 0 Å². The van der Waals surface area contributed by atoms with Crippen LogP contribution >= 0.6 is 22.9 Å². The molecule has 0 unspecified atom stereocenters. The Morgan fingerprint density at radius 3 is 2.83 bits per heavy atom. The van der Waals surface area contributed by atoms with Gasteiger partial charge in [0, 0.05) is 0 Å². The van der Waals surface area contributed by atoms with Gasteiger partial charge in [-0.3, -0.25) is 4.18 Å². The summed E-state index contributed by atoms with van der Waals surface area (Å²) in [5.74, 6) is 0. The average Bonchev–Trinajstić information content (AvgIpc) is 2.30. The Hall–Kier alpha value is -0.170. The van der Waals surface area contributed by atoms with Crippen LogP contribution in [0.4, 0.5) is 0 Å². The molecule has 68 valence electrons. The van der Waals surface area contributed by atoms with Crippen molar-refractivity contribution in [2.75, 3.05) is 6.26 Å². The summed E-state index contributed by atoms with van der Waals surface area (Å²) in [7, 11) is -3.39.